The van der Waals surface area contributed by atoms with E-state index in [0.29, 0.717) is 6.42 Å². The number of carbonyl (C=O) groups excluding carboxylic acids is 1. The Morgan fingerprint density at radius 1 is 1.45 bits per heavy atom. The largest absolute Gasteiger partial charge is 0.481 e. The molecule has 1 rings (SSSR count). The van der Waals surface area contributed by atoms with E-state index in [1.165, 1.54) is 0 Å². The molecule has 20 heavy (non-hydrogen) atoms. The predicted molar refractivity (Wildman–Crippen MR) is 79.0 cm³/mol. The highest BCUT2D eigenvalue weighted by Gasteiger charge is 2.19. The van der Waals surface area contributed by atoms with Crippen molar-refractivity contribution in [1.82, 2.24) is 10.3 Å². The topological polar surface area (TPSA) is 79.3 Å². The number of thiazole rings is 1. The summed E-state index contributed by atoms with van der Waals surface area (Å²) in [5.41, 5.74) is 0.761. The first kappa shape index (κ1) is 16.6. The van der Waals surface area contributed by atoms with Gasteiger partial charge in [0.15, 0.2) is 0 Å². The molecule has 1 aromatic rings. The zero-order chi connectivity index (χ0) is 15.3. The van der Waals surface area contributed by atoms with E-state index in [4.69, 9.17) is 5.11 Å². The molecule has 1 heterocycles. The number of hydrogen-bond donors (Lipinski definition) is 2. The zero-order valence-corrected chi connectivity index (χ0v) is 13.2. The van der Waals surface area contributed by atoms with Gasteiger partial charge in [0.1, 0.15) is 0 Å². The van der Waals surface area contributed by atoms with E-state index in [1.807, 2.05) is 12.3 Å². The normalized spacial score (nSPS) is 13.0. The molecule has 0 spiro atoms. The molecule has 0 saturated heterocycles. The van der Waals surface area contributed by atoms with Crippen molar-refractivity contribution in [3.63, 3.8) is 0 Å². The maximum Gasteiger partial charge on any atom is 0.303 e. The third kappa shape index (κ3) is 5.69. The molecule has 0 aliphatic heterocycles. The van der Waals surface area contributed by atoms with Crippen LogP contribution >= 0.6 is 11.3 Å². The molecule has 0 fully saturated rings. The first-order valence-electron chi connectivity index (χ1n) is 6.64. The molecule has 1 aromatic heterocycles. The second-order valence-corrected chi connectivity index (χ2v) is 6.83. The lowest BCUT2D eigenvalue weighted by molar-refractivity contribution is -0.137. The number of amides is 1. The van der Waals surface area contributed by atoms with Crippen LogP contribution in [0.1, 0.15) is 51.2 Å². The van der Waals surface area contributed by atoms with E-state index in [-0.39, 0.29) is 30.2 Å². The summed E-state index contributed by atoms with van der Waals surface area (Å²) in [4.78, 5) is 26.8. The minimum absolute atomic E-state index is 0.00578. The van der Waals surface area contributed by atoms with Gasteiger partial charge in [-0.3, -0.25) is 9.59 Å². The van der Waals surface area contributed by atoms with Gasteiger partial charge in [0, 0.05) is 23.3 Å². The van der Waals surface area contributed by atoms with Gasteiger partial charge in [0.2, 0.25) is 5.91 Å². The molecule has 112 valence electrons. The van der Waals surface area contributed by atoms with Gasteiger partial charge >= 0.3 is 5.97 Å². The summed E-state index contributed by atoms with van der Waals surface area (Å²) < 4.78 is 0. The van der Waals surface area contributed by atoms with Crippen LogP contribution in [0.15, 0.2) is 5.38 Å². The van der Waals surface area contributed by atoms with Crippen molar-refractivity contribution in [1.29, 1.82) is 0 Å². The predicted octanol–water partition coefficient (Wildman–Crippen LogP) is 2.35. The van der Waals surface area contributed by atoms with Crippen molar-refractivity contribution in [2.45, 2.75) is 58.4 Å². The molecule has 0 aliphatic rings. The van der Waals surface area contributed by atoms with Crippen LogP contribution in [-0.4, -0.2) is 28.0 Å². The van der Waals surface area contributed by atoms with E-state index < -0.39 is 5.97 Å². The van der Waals surface area contributed by atoms with Crippen LogP contribution in [0.2, 0.25) is 0 Å². The molecule has 0 aromatic carbocycles. The maximum atomic E-state index is 11.8. The fourth-order valence-electron chi connectivity index (χ4n) is 1.64. The Balaban J connectivity index is 2.46. The molecule has 0 radical (unpaired) electrons. The molecule has 0 aliphatic carbocycles. The molecule has 5 nitrogen and oxygen atoms in total. The lowest BCUT2D eigenvalue weighted by atomic mass is 9.98. The fraction of sp³-hybridized carbons (Fsp3) is 0.643. The molecule has 0 bridgehead atoms. The van der Waals surface area contributed by atoms with Crippen LogP contribution < -0.4 is 5.32 Å². The Kier molecular flexibility index (Phi) is 5.68. The minimum atomic E-state index is -0.847. The average molecular weight is 298 g/mol. The summed E-state index contributed by atoms with van der Waals surface area (Å²) in [5, 5.41) is 14.3. The van der Waals surface area contributed by atoms with Crippen molar-refractivity contribution in [2.24, 2.45) is 0 Å². The van der Waals surface area contributed by atoms with Crippen LogP contribution in [0, 0.1) is 0 Å². The molecule has 6 heteroatoms. The highest BCUT2D eigenvalue weighted by atomic mass is 32.1. The van der Waals surface area contributed by atoms with E-state index >= 15 is 0 Å². The number of nitrogens with one attached hydrogen (secondary N) is 1. The summed E-state index contributed by atoms with van der Waals surface area (Å²) in [6.07, 6.45) is 0.738. The number of aliphatic carboxylic acids is 1. The maximum absolute atomic E-state index is 11.8. The lowest BCUT2D eigenvalue weighted by Gasteiger charge is -2.14. The Labute approximate surface area is 123 Å². The van der Waals surface area contributed by atoms with Gasteiger partial charge in [-0.05, 0) is 13.3 Å². The number of rotatable bonds is 6. The summed E-state index contributed by atoms with van der Waals surface area (Å²) in [6.45, 7) is 8.07. The zero-order valence-electron chi connectivity index (χ0n) is 12.4. The Bertz CT molecular complexity index is 477. The number of aromatic nitrogens is 1. The lowest BCUT2D eigenvalue weighted by Crippen LogP contribution is -2.34. The van der Waals surface area contributed by atoms with Gasteiger partial charge in [0.05, 0.1) is 17.1 Å². The van der Waals surface area contributed by atoms with Crippen LogP contribution in [0.3, 0.4) is 0 Å². The molecule has 1 unspecified atom stereocenters. The van der Waals surface area contributed by atoms with E-state index in [0.717, 1.165) is 10.7 Å². The van der Waals surface area contributed by atoms with Gasteiger partial charge < -0.3 is 10.4 Å². The van der Waals surface area contributed by atoms with E-state index in [9.17, 15) is 9.59 Å². The van der Waals surface area contributed by atoms with Crippen molar-refractivity contribution in [3.05, 3.63) is 16.1 Å². The molecule has 2 N–H and O–H groups in total. The average Bonchev–Trinajstić information content (AvgIpc) is 2.74. The van der Waals surface area contributed by atoms with Crippen LogP contribution in [0.5, 0.6) is 0 Å². The quantitative estimate of drug-likeness (QED) is 0.845. The number of carbonyl (C=O) groups is 2. The summed E-state index contributed by atoms with van der Waals surface area (Å²) in [5.74, 6) is -0.964. The van der Waals surface area contributed by atoms with E-state index in [1.54, 1.807) is 11.3 Å². The van der Waals surface area contributed by atoms with Crippen molar-refractivity contribution in [3.8, 4) is 0 Å². The first-order chi connectivity index (χ1) is 9.18. The summed E-state index contributed by atoms with van der Waals surface area (Å²) in [7, 11) is 0. The smallest absolute Gasteiger partial charge is 0.303 e. The Hall–Kier alpha value is -1.43. The number of carboxylic acid groups (broad SMARTS) is 1. The van der Waals surface area contributed by atoms with Crippen LogP contribution in [0.4, 0.5) is 0 Å². The van der Waals surface area contributed by atoms with Crippen molar-refractivity contribution >= 4 is 23.2 Å². The minimum Gasteiger partial charge on any atom is -0.481 e. The van der Waals surface area contributed by atoms with Crippen LogP contribution in [0.25, 0.3) is 0 Å². The molecule has 0 saturated carbocycles. The van der Waals surface area contributed by atoms with Gasteiger partial charge in [-0.15, -0.1) is 11.3 Å². The Morgan fingerprint density at radius 3 is 2.60 bits per heavy atom. The molecular formula is C14H22N2O3S. The first-order valence-corrected chi connectivity index (χ1v) is 7.52. The van der Waals surface area contributed by atoms with Gasteiger partial charge in [-0.1, -0.05) is 20.8 Å². The molecule has 1 amide bonds. The summed E-state index contributed by atoms with van der Waals surface area (Å²) >= 11 is 1.56. The van der Waals surface area contributed by atoms with Gasteiger partial charge in [0.25, 0.3) is 0 Å². The SMILES string of the molecule is CC(CCC(=O)O)NC(=O)Cc1csc(C(C)(C)C)n1. The van der Waals surface area contributed by atoms with Crippen molar-refractivity contribution < 1.29 is 14.7 Å². The third-order valence-electron chi connectivity index (χ3n) is 2.73. The number of carboxylic acids is 1. The van der Waals surface area contributed by atoms with Crippen molar-refractivity contribution in [2.75, 3.05) is 0 Å². The molecule has 1 atom stereocenters. The second kappa shape index (κ2) is 6.83. The van der Waals surface area contributed by atoms with E-state index in [2.05, 4.69) is 31.1 Å². The highest BCUT2D eigenvalue weighted by Crippen LogP contribution is 2.25. The monoisotopic (exact) mass is 298 g/mol. The standard InChI is InChI=1S/C14H22N2O3S/c1-9(5-6-12(18)19)15-11(17)7-10-8-20-13(16-10)14(2,3)4/h8-9H,5-7H2,1-4H3,(H,15,17)(H,18,19). The highest BCUT2D eigenvalue weighted by molar-refractivity contribution is 7.09. The van der Waals surface area contributed by atoms with Gasteiger partial charge in [-0.25, -0.2) is 4.98 Å². The van der Waals surface area contributed by atoms with Crippen LogP contribution in [-0.2, 0) is 21.4 Å². The number of hydrogen-bond acceptors (Lipinski definition) is 4. The Morgan fingerprint density at radius 2 is 2.10 bits per heavy atom. The molecular weight excluding hydrogens is 276 g/mol. The summed E-state index contributed by atoms with van der Waals surface area (Å²) in [6, 6.07) is -0.140. The second-order valence-electron chi connectivity index (χ2n) is 5.97. The number of nitrogens with zero attached hydrogens (tertiary/aromatic N) is 1. The third-order valence-corrected chi connectivity index (χ3v) is 4.05. The fourth-order valence-corrected chi connectivity index (χ4v) is 2.54. The van der Waals surface area contributed by atoms with Gasteiger partial charge in [-0.2, -0.15) is 0 Å².